The zero-order valence-electron chi connectivity index (χ0n) is 12.7. The minimum absolute atomic E-state index is 0.740. The summed E-state index contributed by atoms with van der Waals surface area (Å²) >= 11 is 1.83. The Balaban J connectivity index is 1.96. The van der Waals surface area contributed by atoms with Crippen molar-refractivity contribution in [3.05, 3.63) is 22.4 Å². The quantitative estimate of drug-likeness (QED) is 0.437. The van der Waals surface area contributed by atoms with Crippen LogP contribution in [0.3, 0.4) is 0 Å². The van der Waals surface area contributed by atoms with Gasteiger partial charge in [0.05, 0.1) is 0 Å². The maximum absolute atomic E-state index is 5.64. The van der Waals surface area contributed by atoms with Crippen molar-refractivity contribution in [3.8, 4) is 0 Å². The Morgan fingerprint density at radius 2 is 1.70 bits per heavy atom. The molecule has 6 heteroatoms. The highest BCUT2D eigenvalue weighted by molar-refractivity contribution is 7.09. The van der Waals surface area contributed by atoms with Gasteiger partial charge in [0.15, 0.2) is 0 Å². The van der Waals surface area contributed by atoms with Crippen molar-refractivity contribution in [3.63, 3.8) is 0 Å². The van der Waals surface area contributed by atoms with Gasteiger partial charge in [-0.2, -0.15) is 0 Å². The molecule has 0 spiro atoms. The van der Waals surface area contributed by atoms with Gasteiger partial charge in [-0.05, 0) is 37.1 Å². The van der Waals surface area contributed by atoms with Crippen molar-refractivity contribution in [2.45, 2.75) is 31.7 Å². The number of hydrogen-bond donors (Lipinski definition) is 0. The van der Waals surface area contributed by atoms with Crippen LogP contribution >= 0.6 is 11.3 Å². The molecular formula is C14H26O4SSi. The first-order valence-corrected chi connectivity index (χ1v) is 9.83. The molecule has 1 heterocycles. The Kier molecular flexibility index (Phi) is 9.33. The molecule has 0 N–H and O–H groups in total. The van der Waals surface area contributed by atoms with Crippen LogP contribution in [0.4, 0.5) is 0 Å². The van der Waals surface area contributed by atoms with E-state index >= 15 is 0 Å². The fourth-order valence-electron chi connectivity index (χ4n) is 2.01. The van der Waals surface area contributed by atoms with Crippen molar-refractivity contribution in [2.75, 3.05) is 34.5 Å². The lowest BCUT2D eigenvalue weighted by atomic mass is 10.2. The highest BCUT2D eigenvalue weighted by Crippen LogP contribution is 2.15. The molecule has 0 bridgehead atoms. The molecule has 0 atom stereocenters. The van der Waals surface area contributed by atoms with E-state index in [9.17, 15) is 0 Å². The van der Waals surface area contributed by atoms with Crippen LogP contribution in [-0.2, 0) is 24.4 Å². The normalized spacial score (nSPS) is 11.9. The maximum Gasteiger partial charge on any atom is 0.500 e. The molecule has 1 rings (SSSR count). The van der Waals surface area contributed by atoms with Gasteiger partial charge in [-0.25, -0.2) is 0 Å². The zero-order chi connectivity index (χ0) is 14.7. The third-order valence-electron chi connectivity index (χ3n) is 3.25. The third-order valence-corrected chi connectivity index (χ3v) is 7.01. The Morgan fingerprint density at radius 1 is 1.00 bits per heavy atom. The van der Waals surface area contributed by atoms with Gasteiger partial charge >= 0.3 is 8.80 Å². The number of rotatable bonds is 12. The Bertz CT molecular complexity index is 320. The Hall–Kier alpha value is -0.243. The van der Waals surface area contributed by atoms with Crippen LogP contribution in [0.2, 0.25) is 6.04 Å². The molecule has 0 fully saturated rings. The largest absolute Gasteiger partial charge is 0.500 e. The van der Waals surface area contributed by atoms with Gasteiger partial charge in [0.1, 0.15) is 0 Å². The van der Waals surface area contributed by atoms with E-state index in [-0.39, 0.29) is 0 Å². The fourth-order valence-corrected chi connectivity index (χ4v) is 4.45. The highest BCUT2D eigenvalue weighted by Gasteiger charge is 2.36. The van der Waals surface area contributed by atoms with E-state index in [1.165, 1.54) is 11.3 Å². The van der Waals surface area contributed by atoms with Crippen LogP contribution in [0.15, 0.2) is 17.5 Å². The summed E-state index contributed by atoms with van der Waals surface area (Å²) in [6.45, 7) is 1.57. The molecule has 0 aromatic carbocycles. The van der Waals surface area contributed by atoms with Gasteiger partial charge in [0, 0.05) is 45.5 Å². The molecule has 116 valence electrons. The lowest BCUT2D eigenvalue weighted by molar-refractivity contribution is 0.106. The van der Waals surface area contributed by atoms with E-state index in [2.05, 4.69) is 17.5 Å². The van der Waals surface area contributed by atoms with Crippen LogP contribution in [0.1, 0.15) is 24.1 Å². The molecule has 0 amide bonds. The summed E-state index contributed by atoms with van der Waals surface area (Å²) in [6.07, 6.45) is 4.37. The zero-order valence-corrected chi connectivity index (χ0v) is 14.5. The van der Waals surface area contributed by atoms with Gasteiger partial charge in [-0.3, -0.25) is 0 Å². The van der Waals surface area contributed by atoms with E-state index in [4.69, 9.17) is 18.0 Å². The fraction of sp³-hybridized carbons (Fsp3) is 0.714. The lowest BCUT2D eigenvalue weighted by Crippen LogP contribution is -2.42. The molecular weight excluding hydrogens is 292 g/mol. The maximum atomic E-state index is 5.64. The monoisotopic (exact) mass is 318 g/mol. The van der Waals surface area contributed by atoms with E-state index in [0.717, 1.165) is 38.5 Å². The van der Waals surface area contributed by atoms with Gasteiger partial charge < -0.3 is 18.0 Å². The Labute approximate surface area is 127 Å². The van der Waals surface area contributed by atoms with Gasteiger partial charge in [-0.15, -0.1) is 11.3 Å². The SMILES string of the molecule is CO[Si](CCCOCCCCc1cccs1)(OC)OC. The summed E-state index contributed by atoms with van der Waals surface area (Å²) in [6, 6.07) is 5.09. The van der Waals surface area contributed by atoms with Crippen molar-refractivity contribution in [2.24, 2.45) is 0 Å². The second kappa shape index (κ2) is 10.5. The summed E-state index contributed by atoms with van der Waals surface area (Å²) in [5.41, 5.74) is 0. The molecule has 0 saturated carbocycles. The molecule has 1 aromatic heterocycles. The molecule has 20 heavy (non-hydrogen) atoms. The smallest absolute Gasteiger partial charge is 0.381 e. The number of unbranched alkanes of at least 4 members (excludes halogenated alkanes) is 1. The van der Waals surface area contributed by atoms with Crippen molar-refractivity contribution in [1.29, 1.82) is 0 Å². The van der Waals surface area contributed by atoms with E-state index < -0.39 is 8.80 Å². The predicted octanol–water partition coefficient (Wildman–Crippen LogP) is 3.36. The molecule has 0 aliphatic rings. The molecule has 0 saturated heterocycles. The summed E-state index contributed by atoms with van der Waals surface area (Å²) in [5.74, 6) is 0. The number of ether oxygens (including phenoxy) is 1. The van der Waals surface area contributed by atoms with Gasteiger partial charge in [0.25, 0.3) is 0 Å². The average Bonchev–Trinajstić information content (AvgIpc) is 3.00. The molecule has 0 aliphatic heterocycles. The van der Waals surface area contributed by atoms with Crippen molar-refractivity contribution >= 4 is 20.1 Å². The van der Waals surface area contributed by atoms with Crippen molar-refractivity contribution in [1.82, 2.24) is 0 Å². The highest BCUT2D eigenvalue weighted by atomic mass is 32.1. The number of aryl methyl sites for hydroxylation is 1. The summed E-state index contributed by atoms with van der Waals surface area (Å²) in [7, 11) is 2.52. The topological polar surface area (TPSA) is 36.9 Å². The molecule has 1 aromatic rings. The van der Waals surface area contributed by atoms with Gasteiger partial charge in [-0.1, -0.05) is 6.07 Å². The van der Waals surface area contributed by atoms with Crippen LogP contribution < -0.4 is 0 Å². The van der Waals surface area contributed by atoms with Gasteiger partial charge in [0.2, 0.25) is 0 Å². The Morgan fingerprint density at radius 3 is 2.30 bits per heavy atom. The molecule has 0 radical (unpaired) electrons. The number of thiophene rings is 1. The summed E-state index contributed by atoms with van der Waals surface area (Å²) in [5, 5.41) is 2.13. The van der Waals surface area contributed by atoms with E-state index in [1.807, 2.05) is 11.3 Å². The number of hydrogen-bond acceptors (Lipinski definition) is 5. The van der Waals surface area contributed by atoms with Crippen LogP contribution in [0, 0.1) is 0 Å². The standard InChI is InChI=1S/C14H26O4SSi/c1-15-20(16-2,17-3)13-7-11-18-10-5-4-8-14-9-6-12-19-14/h6,9,12H,4-5,7-8,10-11,13H2,1-3H3. The first kappa shape index (κ1) is 17.8. The minimum atomic E-state index is -2.41. The summed E-state index contributed by atoms with van der Waals surface area (Å²) in [4.78, 5) is 1.46. The van der Waals surface area contributed by atoms with Crippen LogP contribution in [0.5, 0.6) is 0 Å². The molecule has 4 nitrogen and oxygen atoms in total. The predicted molar refractivity (Wildman–Crippen MR) is 84.3 cm³/mol. The van der Waals surface area contributed by atoms with E-state index in [1.54, 1.807) is 21.3 Å². The second-order valence-corrected chi connectivity index (χ2v) is 8.67. The van der Waals surface area contributed by atoms with Crippen molar-refractivity contribution < 1.29 is 18.0 Å². The summed E-state index contributed by atoms with van der Waals surface area (Å²) < 4.78 is 21.7. The first-order chi connectivity index (χ1) is 9.76. The first-order valence-electron chi connectivity index (χ1n) is 7.02. The van der Waals surface area contributed by atoms with Crippen LogP contribution in [0.25, 0.3) is 0 Å². The third kappa shape index (κ3) is 6.47. The minimum Gasteiger partial charge on any atom is -0.381 e. The second-order valence-electron chi connectivity index (χ2n) is 4.55. The van der Waals surface area contributed by atoms with Crippen LogP contribution in [-0.4, -0.2) is 43.3 Å². The lowest BCUT2D eigenvalue weighted by Gasteiger charge is -2.24. The molecule has 0 unspecified atom stereocenters. The molecule has 0 aliphatic carbocycles. The van der Waals surface area contributed by atoms with E-state index in [0.29, 0.717) is 0 Å². The average molecular weight is 319 g/mol.